The van der Waals surface area contributed by atoms with Crippen LogP contribution in [0.25, 0.3) is 5.70 Å². The number of hydrogen-bond donors (Lipinski definition) is 0. The first-order chi connectivity index (χ1) is 12.7. The van der Waals surface area contributed by atoms with E-state index >= 15 is 0 Å². The Morgan fingerprint density at radius 2 is 1.77 bits per heavy atom. The standard InChI is InChI=1S/C22H23ClN2S/c1-15-7-8-17(14-24-15)22-21(26-19-11-9-18(23)10-12-19)13-20(25-22)16-5-3-2-4-6-16/h7-12,14,16H,2-6,13H2,1H3. The number of rotatable bonds is 4. The molecule has 0 radical (unpaired) electrons. The molecule has 1 saturated carbocycles. The van der Waals surface area contributed by atoms with Crippen molar-refractivity contribution in [1.29, 1.82) is 0 Å². The minimum Gasteiger partial charge on any atom is -0.261 e. The van der Waals surface area contributed by atoms with E-state index in [2.05, 4.69) is 29.2 Å². The number of halogens is 1. The quantitative estimate of drug-likeness (QED) is 0.572. The number of nitrogens with zero attached hydrogens (tertiary/aromatic N) is 2. The molecule has 2 aliphatic rings. The van der Waals surface area contributed by atoms with Crippen LogP contribution in [0.4, 0.5) is 0 Å². The zero-order chi connectivity index (χ0) is 17.9. The van der Waals surface area contributed by atoms with Crippen molar-refractivity contribution in [1.82, 2.24) is 4.98 Å². The highest BCUT2D eigenvalue weighted by Crippen LogP contribution is 2.42. The van der Waals surface area contributed by atoms with Gasteiger partial charge in [-0.1, -0.05) is 42.6 Å². The summed E-state index contributed by atoms with van der Waals surface area (Å²) >= 11 is 7.85. The number of pyridine rings is 1. The average molecular weight is 383 g/mol. The predicted octanol–water partition coefficient (Wildman–Crippen LogP) is 6.93. The molecule has 1 aromatic carbocycles. The molecule has 2 nitrogen and oxygen atoms in total. The molecule has 0 bridgehead atoms. The highest BCUT2D eigenvalue weighted by atomic mass is 35.5. The van der Waals surface area contributed by atoms with Gasteiger partial charge in [0.25, 0.3) is 0 Å². The van der Waals surface area contributed by atoms with Gasteiger partial charge in [-0.05, 0) is 62.1 Å². The fourth-order valence-corrected chi connectivity index (χ4v) is 4.89. The topological polar surface area (TPSA) is 25.2 Å². The van der Waals surface area contributed by atoms with Gasteiger partial charge in [0.15, 0.2) is 0 Å². The van der Waals surface area contributed by atoms with Gasteiger partial charge < -0.3 is 0 Å². The monoisotopic (exact) mass is 382 g/mol. The van der Waals surface area contributed by atoms with E-state index in [0.29, 0.717) is 5.92 Å². The smallest absolute Gasteiger partial charge is 0.0819 e. The van der Waals surface area contributed by atoms with Crippen LogP contribution in [-0.2, 0) is 0 Å². The molecule has 0 saturated heterocycles. The number of benzene rings is 1. The van der Waals surface area contributed by atoms with E-state index in [1.54, 1.807) is 0 Å². The van der Waals surface area contributed by atoms with Gasteiger partial charge in [-0.3, -0.25) is 9.98 Å². The van der Waals surface area contributed by atoms with Gasteiger partial charge in [-0.15, -0.1) is 0 Å². The second kappa shape index (κ2) is 7.98. The number of allylic oxidation sites excluding steroid dienone is 1. The van der Waals surface area contributed by atoms with Crippen LogP contribution >= 0.6 is 23.4 Å². The molecule has 1 aliphatic carbocycles. The molecule has 0 amide bonds. The van der Waals surface area contributed by atoms with Crippen LogP contribution in [0.15, 0.2) is 57.4 Å². The Hall–Kier alpha value is -1.58. The highest BCUT2D eigenvalue weighted by Gasteiger charge is 2.27. The SMILES string of the molecule is Cc1ccc(C2=C(Sc3ccc(Cl)cc3)CC(C3CCCCC3)=N2)cn1. The Balaban J connectivity index is 1.64. The number of aromatic nitrogens is 1. The molecule has 1 aromatic heterocycles. The second-order valence-corrected chi connectivity index (χ2v) is 8.74. The first-order valence-electron chi connectivity index (χ1n) is 9.36. The zero-order valence-corrected chi connectivity index (χ0v) is 16.6. The summed E-state index contributed by atoms with van der Waals surface area (Å²) in [5.74, 6) is 0.653. The van der Waals surface area contributed by atoms with Crippen molar-refractivity contribution in [2.75, 3.05) is 0 Å². The fraction of sp³-hybridized carbons (Fsp3) is 0.364. The number of aryl methyl sites for hydroxylation is 1. The zero-order valence-electron chi connectivity index (χ0n) is 15.0. The van der Waals surface area contributed by atoms with Gasteiger partial charge in [0.1, 0.15) is 0 Å². The summed E-state index contributed by atoms with van der Waals surface area (Å²) in [5, 5.41) is 0.775. The van der Waals surface area contributed by atoms with Crippen LogP contribution in [-0.4, -0.2) is 10.7 Å². The maximum Gasteiger partial charge on any atom is 0.0819 e. The molecule has 4 rings (SSSR count). The molecule has 0 N–H and O–H groups in total. The summed E-state index contributed by atoms with van der Waals surface area (Å²) in [4.78, 5) is 12.1. The van der Waals surface area contributed by atoms with E-state index in [9.17, 15) is 0 Å². The average Bonchev–Trinajstić information content (AvgIpc) is 3.09. The van der Waals surface area contributed by atoms with E-state index < -0.39 is 0 Å². The van der Waals surface area contributed by atoms with Gasteiger partial charge >= 0.3 is 0 Å². The molecule has 134 valence electrons. The van der Waals surface area contributed by atoms with Crippen LogP contribution < -0.4 is 0 Å². The molecule has 0 unspecified atom stereocenters. The normalized spacial score (nSPS) is 18.3. The maximum atomic E-state index is 6.04. The lowest BCUT2D eigenvalue weighted by molar-refractivity contribution is 0.437. The highest BCUT2D eigenvalue weighted by molar-refractivity contribution is 8.03. The molecular weight excluding hydrogens is 360 g/mol. The Morgan fingerprint density at radius 1 is 1.00 bits per heavy atom. The Kier molecular flexibility index (Phi) is 5.46. The van der Waals surface area contributed by atoms with E-state index in [1.807, 2.05) is 37.0 Å². The molecule has 26 heavy (non-hydrogen) atoms. The lowest BCUT2D eigenvalue weighted by Gasteiger charge is -2.21. The van der Waals surface area contributed by atoms with E-state index in [0.717, 1.165) is 28.4 Å². The lowest BCUT2D eigenvalue weighted by Crippen LogP contribution is -2.16. The van der Waals surface area contributed by atoms with Crippen LogP contribution in [0.3, 0.4) is 0 Å². The second-order valence-electron chi connectivity index (χ2n) is 7.13. The first-order valence-corrected chi connectivity index (χ1v) is 10.6. The number of aliphatic imine (C=N–C) groups is 1. The summed E-state index contributed by atoms with van der Waals surface area (Å²) in [5.41, 5.74) is 4.64. The summed E-state index contributed by atoms with van der Waals surface area (Å²) in [6, 6.07) is 12.3. The van der Waals surface area contributed by atoms with Gasteiger partial charge in [0.05, 0.1) is 5.70 Å². The third-order valence-corrected chi connectivity index (χ3v) is 6.52. The van der Waals surface area contributed by atoms with Crippen molar-refractivity contribution in [2.45, 2.75) is 50.3 Å². The summed E-state index contributed by atoms with van der Waals surface area (Å²) in [6.07, 6.45) is 9.56. The van der Waals surface area contributed by atoms with Crippen molar-refractivity contribution in [3.8, 4) is 0 Å². The molecule has 1 fully saturated rings. The van der Waals surface area contributed by atoms with Gasteiger partial charge in [-0.25, -0.2) is 0 Å². The third kappa shape index (κ3) is 4.05. The summed E-state index contributed by atoms with van der Waals surface area (Å²) in [7, 11) is 0. The Bertz CT molecular complexity index is 831. The largest absolute Gasteiger partial charge is 0.261 e. The molecule has 2 heterocycles. The van der Waals surface area contributed by atoms with Crippen LogP contribution in [0.2, 0.25) is 5.02 Å². The molecule has 0 atom stereocenters. The summed E-state index contributed by atoms with van der Waals surface area (Å²) < 4.78 is 0. The summed E-state index contributed by atoms with van der Waals surface area (Å²) in [6.45, 7) is 2.02. The van der Waals surface area contributed by atoms with Crippen molar-refractivity contribution in [3.63, 3.8) is 0 Å². The molecular formula is C22H23ClN2S. The van der Waals surface area contributed by atoms with E-state index in [-0.39, 0.29) is 0 Å². The van der Waals surface area contributed by atoms with E-state index in [1.165, 1.54) is 47.6 Å². The first kappa shape index (κ1) is 17.8. The van der Waals surface area contributed by atoms with Gasteiger partial charge in [0, 0.05) is 44.4 Å². The van der Waals surface area contributed by atoms with Crippen LogP contribution in [0.1, 0.15) is 49.8 Å². The van der Waals surface area contributed by atoms with Crippen LogP contribution in [0, 0.1) is 12.8 Å². The van der Waals surface area contributed by atoms with Crippen LogP contribution in [0.5, 0.6) is 0 Å². The maximum absolute atomic E-state index is 6.04. The number of thioether (sulfide) groups is 1. The molecule has 1 aliphatic heterocycles. The molecule has 0 spiro atoms. The van der Waals surface area contributed by atoms with Crippen molar-refractivity contribution < 1.29 is 0 Å². The number of hydrogen-bond acceptors (Lipinski definition) is 3. The lowest BCUT2D eigenvalue weighted by atomic mass is 9.85. The molecule has 2 aromatic rings. The van der Waals surface area contributed by atoms with E-state index in [4.69, 9.17) is 16.6 Å². The van der Waals surface area contributed by atoms with Gasteiger partial charge in [0.2, 0.25) is 0 Å². The predicted molar refractivity (Wildman–Crippen MR) is 112 cm³/mol. The minimum absolute atomic E-state index is 0.653. The van der Waals surface area contributed by atoms with Gasteiger partial charge in [-0.2, -0.15) is 0 Å². The van der Waals surface area contributed by atoms with Crippen molar-refractivity contribution >= 4 is 34.8 Å². The Morgan fingerprint density at radius 3 is 2.46 bits per heavy atom. The van der Waals surface area contributed by atoms with Crippen molar-refractivity contribution in [3.05, 3.63) is 63.8 Å². The van der Waals surface area contributed by atoms with Crippen molar-refractivity contribution in [2.24, 2.45) is 10.9 Å². The molecule has 4 heteroatoms. The third-order valence-electron chi connectivity index (χ3n) is 5.18. The minimum atomic E-state index is 0.653. The Labute approximate surface area is 164 Å². The fourth-order valence-electron chi connectivity index (χ4n) is 3.73.